The minimum absolute atomic E-state index is 0.214. The van der Waals surface area contributed by atoms with E-state index in [1.165, 1.54) is 0 Å². The highest BCUT2D eigenvalue weighted by atomic mass is 79.9. The number of sulfonamides is 1. The van der Waals surface area contributed by atoms with E-state index in [1.54, 1.807) is 48.5 Å². The fraction of sp³-hybridized carbons (Fsp3) is 0.235. The van der Waals surface area contributed by atoms with E-state index in [-0.39, 0.29) is 19.7 Å². The predicted molar refractivity (Wildman–Crippen MR) is 106 cm³/mol. The molecular weight excluding hydrogens is 444 g/mol. The minimum atomic E-state index is -3.61. The van der Waals surface area contributed by atoms with Crippen LogP contribution in [0.2, 0.25) is 5.02 Å². The highest BCUT2D eigenvalue weighted by molar-refractivity contribution is 9.10. The van der Waals surface area contributed by atoms with Crippen molar-refractivity contribution in [1.82, 2.24) is 5.32 Å². The molecule has 0 aliphatic rings. The fourth-order valence-corrected chi connectivity index (χ4v) is 3.56. The molecule has 0 heterocycles. The van der Waals surface area contributed by atoms with Crippen LogP contribution in [-0.4, -0.2) is 40.3 Å². The third-order valence-electron chi connectivity index (χ3n) is 3.30. The molecule has 0 saturated heterocycles. The zero-order valence-electron chi connectivity index (χ0n) is 14.0. The van der Waals surface area contributed by atoms with Crippen molar-refractivity contribution in [2.45, 2.75) is 0 Å². The lowest BCUT2D eigenvalue weighted by atomic mass is 10.3. The van der Waals surface area contributed by atoms with Gasteiger partial charge in [0.15, 0.2) is 0 Å². The summed E-state index contributed by atoms with van der Waals surface area (Å²) in [6.45, 7) is 0.118. The second-order valence-corrected chi connectivity index (χ2v) is 8.61. The van der Waals surface area contributed by atoms with Gasteiger partial charge in [0.2, 0.25) is 15.9 Å². The number of rotatable bonds is 8. The van der Waals surface area contributed by atoms with Gasteiger partial charge in [-0.15, -0.1) is 0 Å². The summed E-state index contributed by atoms with van der Waals surface area (Å²) in [5, 5.41) is 3.12. The first-order valence-corrected chi connectivity index (χ1v) is 10.7. The minimum Gasteiger partial charge on any atom is -0.490 e. The maximum Gasteiger partial charge on any atom is 0.240 e. The highest BCUT2D eigenvalue weighted by Gasteiger charge is 2.20. The highest BCUT2D eigenvalue weighted by Crippen LogP contribution is 2.23. The molecule has 1 N–H and O–H groups in total. The van der Waals surface area contributed by atoms with E-state index in [4.69, 9.17) is 16.3 Å². The molecule has 2 aromatic carbocycles. The average Bonchev–Trinajstić information content (AvgIpc) is 2.57. The standard InChI is InChI=1S/C17H18BrClN2O4S/c1-26(23,24)21(14-6-4-5-13(18)11-14)12-17(22)20-9-10-25-16-8-3-2-7-15(16)19/h2-8,11H,9-10,12H2,1H3,(H,20,22). The molecule has 9 heteroatoms. The van der Waals surface area contributed by atoms with Crippen molar-refractivity contribution in [3.05, 3.63) is 58.0 Å². The van der Waals surface area contributed by atoms with E-state index >= 15 is 0 Å². The van der Waals surface area contributed by atoms with E-state index in [9.17, 15) is 13.2 Å². The lowest BCUT2D eigenvalue weighted by molar-refractivity contribution is -0.119. The molecule has 0 aliphatic carbocycles. The SMILES string of the molecule is CS(=O)(=O)N(CC(=O)NCCOc1ccccc1Cl)c1cccc(Br)c1. The first kappa shape index (κ1) is 20.5. The molecule has 0 atom stereocenters. The maximum absolute atomic E-state index is 12.1. The van der Waals surface area contributed by atoms with Crippen LogP contribution in [0.1, 0.15) is 0 Å². The number of amides is 1. The summed E-state index contributed by atoms with van der Waals surface area (Å²) in [5.74, 6) is 0.0912. The predicted octanol–water partition coefficient (Wildman–Crippen LogP) is 3.06. The van der Waals surface area contributed by atoms with E-state index in [1.807, 2.05) is 0 Å². The van der Waals surface area contributed by atoms with Gasteiger partial charge in [-0.25, -0.2) is 8.42 Å². The molecule has 2 aromatic rings. The second-order valence-electron chi connectivity index (χ2n) is 5.38. The number of carbonyl (C=O) groups excluding carboxylic acids is 1. The van der Waals surface area contributed by atoms with E-state index in [0.717, 1.165) is 15.0 Å². The van der Waals surface area contributed by atoms with Crippen molar-refractivity contribution in [2.75, 3.05) is 30.3 Å². The average molecular weight is 462 g/mol. The Morgan fingerprint density at radius 1 is 1.23 bits per heavy atom. The molecule has 140 valence electrons. The van der Waals surface area contributed by atoms with Crippen LogP contribution in [0.15, 0.2) is 53.0 Å². The molecule has 0 aliphatic heterocycles. The van der Waals surface area contributed by atoms with Crippen molar-refractivity contribution in [3.63, 3.8) is 0 Å². The Morgan fingerprint density at radius 3 is 2.62 bits per heavy atom. The monoisotopic (exact) mass is 460 g/mol. The van der Waals surface area contributed by atoms with Crippen LogP contribution in [0.5, 0.6) is 5.75 Å². The van der Waals surface area contributed by atoms with E-state index < -0.39 is 15.9 Å². The summed E-state index contributed by atoms with van der Waals surface area (Å²) in [5.41, 5.74) is 0.407. The smallest absolute Gasteiger partial charge is 0.240 e. The van der Waals surface area contributed by atoms with Crippen LogP contribution in [0.3, 0.4) is 0 Å². The van der Waals surface area contributed by atoms with Crippen LogP contribution in [0.4, 0.5) is 5.69 Å². The van der Waals surface area contributed by atoms with Crippen molar-refractivity contribution < 1.29 is 17.9 Å². The summed E-state index contributed by atoms with van der Waals surface area (Å²) < 4.78 is 31.3. The van der Waals surface area contributed by atoms with Gasteiger partial charge < -0.3 is 10.1 Å². The molecule has 6 nitrogen and oxygen atoms in total. The van der Waals surface area contributed by atoms with Gasteiger partial charge in [0.25, 0.3) is 0 Å². The van der Waals surface area contributed by atoms with E-state index in [2.05, 4.69) is 21.2 Å². The third kappa shape index (κ3) is 6.19. The summed E-state index contributed by atoms with van der Waals surface area (Å²) in [6, 6.07) is 13.7. The normalized spacial score (nSPS) is 11.0. The quantitative estimate of drug-likeness (QED) is 0.613. The Morgan fingerprint density at radius 2 is 1.96 bits per heavy atom. The first-order chi connectivity index (χ1) is 12.3. The molecule has 0 spiro atoms. The number of nitrogens with zero attached hydrogens (tertiary/aromatic N) is 1. The van der Waals surface area contributed by atoms with Crippen LogP contribution >= 0.6 is 27.5 Å². The number of hydrogen-bond donors (Lipinski definition) is 1. The van der Waals surface area contributed by atoms with Crippen LogP contribution < -0.4 is 14.4 Å². The van der Waals surface area contributed by atoms with Gasteiger partial charge in [-0.1, -0.05) is 45.7 Å². The molecule has 0 radical (unpaired) electrons. The lowest BCUT2D eigenvalue weighted by Crippen LogP contribution is -2.41. The van der Waals surface area contributed by atoms with Crippen molar-refractivity contribution in [1.29, 1.82) is 0 Å². The Hall–Kier alpha value is -1.77. The van der Waals surface area contributed by atoms with Gasteiger partial charge in [0.1, 0.15) is 18.9 Å². The number of anilines is 1. The summed E-state index contributed by atoms with van der Waals surface area (Å²) >= 11 is 9.27. The van der Waals surface area contributed by atoms with Gasteiger partial charge in [0.05, 0.1) is 23.5 Å². The van der Waals surface area contributed by atoms with Gasteiger partial charge in [0, 0.05) is 4.47 Å². The summed E-state index contributed by atoms with van der Waals surface area (Å²) in [7, 11) is -3.61. The van der Waals surface area contributed by atoms with Crippen molar-refractivity contribution >= 4 is 49.1 Å². The Balaban J connectivity index is 1.91. The zero-order chi connectivity index (χ0) is 19.2. The molecule has 0 aromatic heterocycles. The van der Waals surface area contributed by atoms with Gasteiger partial charge >= 0.3 is 0 Å². The summed E-state index contributed by atoms with van der Waals surface area (Å²) in [4.78, 5) is 12.1. The molecule has 26 heavy (non-hydrogen) atoms. The van der Waals surface area contributed by atoms with Crippen molar-refractivity contribution in [2.24, 2.45) is 0 Å². The topological polar surface area (TPSA) is 75.7 Å². The number of halogens is 2. The molecule has 2 rings (SSSR count). The number of hydrogen-bond acceptors (Lipinski definition) is 4. The molecule has 0 fully saturated rings. The molecule has 0 bridgehead atoms. The van der Waals surface area contributed by atoms with E-state index in [0.29, 0.717) is 16.5 Å². The molecule has 0 saturated carbocycles. The summed E-state index contributed by atoms with van der Waals surface area (Å²) in [6.07, 6.45) is 1.06. The largest absolute Gasteiger partial charge is 0.490 e. The third-order valence-corrected chi connectivity index (χ3v) is 5.25. The molecule has 1 amide bonds. The van der Waals surface area contributed by atoms with Gasteiger partial charge in [-0.05, 0) is 30.3 Å². The van der Waals surface area contributed by atoms with Crippen LogP contribution in [0.25, 0.3) is 0 Å². The van der Waals surface area contributed by atoms with Crippen molar-refractivity contribution in [3.8, 4) is 5.75 Å². The number of benzene rings is 2. The number of ether oxygens (including phenoxy) is 1. The molecule has 0 unspecified atom stereocenters. The van der Waals surface area contributed by atoms with Crippen LogP contribution in [-0.2, 0) is 14.8 Å². The maximum atomic E-state index is 12.1. The fourth-order valence-electron chi connectivity index (χ4n) is 2.13. The Bertz CT molecular complexity index is 877. The molecular formula is C17H18BrClN2O4S. The lowest BCUT2D eigenvalue weighted by Gasteiger charge is -2.22. The first-order valence-electron chi connectivity index (χ1n) is 7.64. The number of carbonyl (C=O) groups is 1. The Kier molecular flexibility index (Phi) is 7.31. The van der Waals surface area contributed by atoms with Crippen LogP contribution in [0, 0.1) is 0 Å². The Labute approximate surface area is 166 Å². The number of para-hydroxylation sites is 1. The number of nitrogens with one attached hydrogen (secondary N) is 1. The van der Waals surface area contributed by atoms with Gasteiger partial charge in [-0.3, -0.25) is 9.10 Å². The zero-order valence-corrected chi connectivity index (χ0v) is 17.1. The van der Waals surface area contributed by atoms with Gasteiger partial charge in [-0.2, -0.15) is 0 Å². The second kappa shape index (κ2) is 9.25.